The standard InChI is InChI=1S/C17H21FN2O3/c18-13-6-2-1-5-12(13)17(8-9-17)19-15(22)11-20-10-4-3-7-14(21)16(20)23/h1-2,5-6,14,21H,3-4,7-11H2,(H,19,22). The predicted octanol–water partition coefficient (Wildman–Crippen LogP) is 1.30. The lowest BCUT2D eigenvalue weighted by atomic mass is 10.0. The number of rotatable bonds is 4. The third kappa shape index (κ3) is 3.37. The van der Waals surface area contributed by atoms with Gasteiger partial charge in [0.15, 0.2) is 0 Å². The summed E-state index contributed by atoms with van der Waals surface area (Å²) >= 11 is 0. The summed E-state index contributed by atoms with van der Waals surface area (Å²) in [5, 5.41) is 12.6. The molecule has 1 atom stereocenters. The van der Waals surface area contributed by atoms with E-state index in [1.165, 1.54) is 11.0 Å². The summed E-state index contributed by atoms with van der Waals surface area (Å²) in [5.74, 6) is -1.03. The molecule has 124 valence electrons. The summed E-state index contributed by atoms with van der Waals surface area (Å²) in [7, 11) is 0. The fourth-order valence-electron chi connectivity index (χ4n) is 3.16. The maximum absolute atomic E-state index is 14.0. The molecule has 23 heavy (non-hydrogen) atoms. The quantitative estimate of drug-likeness (QED) is 0.879. The van der Waals surface area contributed by atoms with Gasteiger partial charge in [-0.25, -0.2) is 4.39 Å². The van der Waals surface area contributed by atoms with Crippen LogP contribution in [0.3, 0.4) is 0 Å². The molecule has 1 aliphatic heterocycles. The van der Waals surface area contributed by atoms with Gasteiger partial charge in [-0.15, -0.1) is 0 Å². The molecule has 1 saturated heterocycles. The molecular formula is C17H21FN2O3. The van der Waals surface area contributed by atoms with Crippen molar-refractivity contribution in [1.29, 1.82) is 0 Å². The summed E-state index contributed by atoms with van der Waals surface area (Å²) < 4.78 is 14.0. The first-order valence-electron chi connectivity index (χ1n) is 8.05. The third-order valence-electron chi connectivity index (χ3n) is 4.60. The molecular weight excluding hydrogens is 299 g/mol. The van der Waals surface area contributed by atoms with Gasteiger partial charge in [0.1, 0.15) is 11.9 Å². The van der Waals surface area contributed by atoms with Gasteiger partial charge in [0, 0.05) is 12.1 Å². The Bertz CT molecular complexity index is 616. The lowest BCUT2D eigenvalue weighted by molar-refractivity contribution is -0.142. The third-order valence-corrected chi connectivity index (χ3v) is 4.60. The molecule has 5 nitrogen and oxygen atoms in total. The average Bonchev–Trinajstić information content (AvgIpc) is 3.31. The second kappa shape index (κ2) is 6.28. The number of hydrogen-bond acceptors (Lipinski definition) is 3. The van der Waals surface area contributed by atoms with Gasteiger partial charge in [0.05, 0.1) is 12.1 Å². The van der Waals surface area contributed by atoms with Crippen LogP contribution in [0.4, 0.5) is 4.39 Å². The number of carbonyl (C=O) groups excluding carboxylic acids is 2. The highest BCUT2D eigenvalue weighted by Crippen LogP contribution is 2.46. The van der Waals surface area contributed by atoms with Gasteiger partial charge in [0.25, 0.3) is 5.91 Å². The van der Waals surface area contributed by atoms with E-state index in [1.54, 1.807) is 18.2 Å². The van der Waals surface area contributed by atoms with E-state index in [0.29, 0.717) is 31.4 Å². The summed E-state index contributed by atoms with van der Waals surface area (Å²) in [6, 6.07) is 6.44. The molecule has 0 spiro atoms. The van der Waals surface area contributed by atoms with Crippen molar-refractivity contribution in [3.63, 3.8) is 0 Å². The van der Waals surface area contributed by atoms with Crippen LogP contribution in [0, 0.1) is 5.82 Å². The Morgan fingerprint density at radius 1 is 1.35 bits per heavy atom. The topological polar surface area (TPSA) is 69.6 Å². The van der Waals surface area contributed by atoms with E-state index in [0.717, 1.165) is 12.8 Å². The van der Waals surface area contributed by atoms with Crippen LogP contribution in [0.5, 0.6) is 0 Å². The van der Waals surface area contributed by atoms with Crippen molar-refractivity contribution in [2.75, 3.05) is 13.1 Å². The van der Waals surface area contributed by atoms with Gasteiger partial charge in [-0.05, 0) is 38.2 Å². The molecule has 2 amide bonds. The van der Waals surface area contributed by atoms with E-state index in [9.17, 15) is 19.1 Å². The van der Waals surface area contributed by atoms with Gasteiger partial charge in [0.2, 0.25) is 5.91 Å². The zero-order chi connectivity index (χ0) is 16.4. The Morgan fingerprint density at radius 2 is 2.09 bits per heavy atom. The monoisotopic (exact) mass is 320 g/mol. The van der Waals surface area contributed by atoms with Crippen LogP contribution in [0.15, 0.2) is 24.3 Å². The fraction of sp³-hybridized carbons (Fsp3) is 0.529. The van der Waals surface area contributed by atoms with Crippen LogP contribution < -0.4 is 5.32 Å². The van der Waals surface area contributed by atoms with Crippen molar-refractivity contribution < 1.29 is 19.1 Å². The van der Waals surface area contributed by atoms with Crippen molar-refractivity contribution in [3.05, 3.63) is 35.6 Å². The number of likely N-dealkylation sites (tertiary alicyclic amines) is 1. The van der Waals surface area contributed by atoms with E-state index in [-0.39, 0.29) is 18.3 Å². The smallest absolute Gasteiger partial charge is 0.251 e. The minimum absolute atomic E-state index is 0.0912. The number of benzene rings is 1. The first kappa shape index (κ1) is 15.9. The number of aliphatic hydroxyl groups excluding tert-OH is 1. The number of aliphatic hydroxyl groups is 1. The maximum Gasteiger partial charge on any atom is 0.251 e. The van der Waals surface area contributed by atoms with Gasteiger partial charge in [-0.1, -0.05) is 18.2 Å². The van der Waals surface area contributed by atoms with E-state index in [4.69, 9.17) is 0 Å². The number of nitrogens with zero attached hydrogens (tertiary/aromatic N) is 1. The van der Waals surface area contributed by atoms with Crippen molar-refractivity contribution in [3.8, 4) is 0 Å². The first-order chi connectivity index (χ1) is 11.0. The Balaban J connectivity index is 1.65. The van der Waals surface area contributed by atoms with E-state index in [2.05, 4.69) is 5.32 Å². The molecule has 1 saturated carbocycles. The highest BCUT2D eigenvalue weighted by molar-refractivity contribution is 5.87. The molecule has 1 unspecified atom stereocenters. The van der Waals surface area contributed by atoms with Gasteiger partial charge < -0.3 is 15.3 Å². The van der Waals surface area contributed by atoms with Crippen molar-refractivity contribution in [1.82, 2.24) is 10.2 Å². The molecule has 1 aromatic rings. The largest absolute Gasteiger partial charge is 0.383 e. The van der Waals surface area contributed by atoms with Crippen LogP contribution in [0.2, 0.25) is 0 Å². The SMILES string of the molecule is O=C(CN1CCCCC(O)C1=O)NC1(c2ccccc2F)CC1. The summed E-state index contributed by atoms with van der Waals surface area (Å²) in [6.45, 7) is 0.377. The molecule has 3 rings (SSSR count). The number of nitrogens with one attached hydrogen (secondary N) is 1. The van der Waals surface area contributed by atoms with Crippen molar-refractivity contribution in [2.45, 2.75) is 43.7 Å². The lowest BCUT2D eigenvalue weighted by Crippen LogP contribution is -2.46. The summed E-state index contributed by atoms with van der Waals surface area (Å²) in [4.78, 5) is 25.7. The number of hydrogen-bond donors (Lipinski definition) is 2. The molecule has 1 heterocycles. The fourth-order valence-corrected chi connectivity index (χ4v) is 3.16. The maximum atomic E-state index is 14.0. The normalized spacial score (nSPS) is 23.3. The molecule has 1 aliphatic carbocycles. The Morgan fingerprint density at radius 3 is 2.78 bits per heavy atom. The predicted molar refractivity (Wildman–Crippen MR) is 81.9 cm³/mol. The summed E-state index contributed by atoms with van der Waals surface area (Å²) in [6.07, 6.45) is 2.34. The van der Waals surface area contributed by atoms with E-state index >= 15 is 0 Å². The molecule has 2 fully saturated rings. The van der Waals surface area contributed by atoms with Crippen LogP contribution in [-0.4, -0.2) is 41.0 Å². The minimum atomic E-state index is -1.02. The molecule has 2 N–H and O–H groups in total. The first-order valence-corrected chi connectivity index (χ1v) is 8.05. The van der Waals surface area contributed by atoms with Gasteiger partial charge >= 0.3 is 0 Å². The number of halogens is 1. The molecule has 0 bridgehead atoms. The van der Waals surface area contributed by atoms with E-state index < -0.39 is 17.6 Å². The van der Waals surface area contributed by atoms with Gasteiger partial charge in [-0.2, -0.15) is 0 Å². The Hall–Kier alpha value is -1.95. The highest BCUT2D eigenvalue weighted by Gasteiger charge is 2.47. The zero-order valence-electron chi connectivity index (χ0n) is 12.9. The molecule has 0 radical (unpaired) electrons. The molecule has 1 aromatic carbocycles. The van der Waals surface area contributed by atoms with Crippen LogP contribution in [-0.2, 0) is 15.1 Å². The second-order valence-corrected chi connectivity index (χ2v) is 6.38. The zero-order valence-corrected chi connectivity index (χ0v) is 12.9. The van der Waals surface area contributed by atoms with Crippen molar-refractivity contribution >= 4 is 11.8 Å². The van der Waals surface area contributed by atoms with Crippen LogP contribution >= 0.6 is 0 Å². The molecule has 2 aliphatic rings. The van der Waals surface area contributed by atoms with Crippen LogP contribution in [0.25, 0.3) is 0 Å². The second-order valence-electron chi connectivity index (χ2n) is 6.38. The van der Waals surface area contributed by atoms with E-state index in [1.807, 2.05) is 0 Å². The molecule has 6 heteroatoms. The molecule has 0 aromatic heterocycles. The Labute approximate surface area is 134 Å². The van der Waals surface area contributed by atoms with Crippen molar-refractivity contribution in [2.24, 2.45) is 0 Å². The Kier molecular flexibility index (Phi) is 4.35. The lowest BCUT2D eigenvalue weighted by Gasteiger charge is -2.24. The van der Waals surface area contributed by atoms with Crippen LogP contribution in [0.1, 0.15) is 37.7 Å². The summed E-state index contributed by atoms with van der Waals surface area (Å²) in [5.41, 5.74) is -0.147. The highest BCUT2D eigenvalue weighted by atomic mass is 19.1. The minimum Gasteiger partial charge on any atom is -0.383 e. The average molecular weight is 320 g/mol. The number of amides is 2. The van der Waals surface area contributed by atoms with Gasteiger partial charge in [-0.3, -0.25) is 9.59 Å². The number of carbonyl (C=O) groups is 2.